The maximum absolute atomic E-state index is 13.1. The number of hydrogen-bond donors (Lipinski definition) is 1. The van der Waals surface area contributed by atoms with E-state index in [4.69, 9.17) is 9.47 Å². The normalized spacial score (nSPS) is 28.8. The van der Waals surface area contributed by atoms with E-state index < -0.39 is 29.4 Å². The highest BCUT2D eigenvalue weighted by molar-refractivity contribution is 7.17. The molecule has 0 aromatic carbocycles. The Bertz CT molecular complexity index is 901. The lowest BCUT2D eigenvalue weighted by atomic mass is 9.82. The Morgan fingerprint density at radius 1 is 1.28 bits per heavy atom. The summed E-state index contributed by atoms with van der Waals surface area (Å²) in [6.07, 6.45) is 4.95. The molecule has 8 heteroatoms. The highest BCUT2D eigenvalue weighted by Crippen LogP contribution is 2.49. The number of ether oxygens (including phenoxy) is 2. The number of nitrogens with one attached hydrogen (secondary N) is 1. The van der Waals surface area contributed by atoms with Gasteiger partial charge in [-0.05, 0) is 44.6 Å². The van der Waals surface area contributed by atoms with E-state index in [1.54, 1.807) is 6.92 Å². The van der Waals surface area contributed by atoms with Crippen LogP contribution in [0.2, 0.25) is 0 Å². The first-order valence-corrected chi connectivity index (χ1v) is 10.7. The molecule has 4 rings (SSSR count). The number of fused-ring (bicyclic) bond motifs is 3. The van der Waals surface area contributed by atoms with Gasteiger partial charge in [-0.3, -0.25) is 4.79 Å². The summed E-state index contributed by atoms with van der Waals surface area (Å²) in [6, 6.07) is 0. The molecule has 1 aromatic heterocycles. The Kier molecular flexibility index (Phi) is 5.02. The van der Waals surface area contributed by atoms with Crippen LogP contribution in [0.3, 0.4) is 0 Å². The molecule has 29 heavy (non-hydrogen) atoms. The minimum Gasteiger partial charge on any atom is -0.550 e. The van der Waals surface area contributed by atoms with Gasteiger partial charge in [0.15, 0.2) is 0 Å². The molecule has 2 heterocycles. The number of carbonyl (C=O) groups is 3. The number of thiophene rings is 1. The molecule has 1 aliphatic heterocycles. The average Bonchev–Trinajstić information content (AvgIpc) is 3.33. The number of carboxylic acids is 1. The quantitative estimate of drug-likeness (QED) is 0.578. The molecule has 7 nitrogen and oxygen atoms in total. The molecule has 1 fully saturated rings. The summed E-state index contributed by atoms with van der Waals surface area (Å²) in [4.78, 5) is 38.3. The van der Waals surface area contributed by atoms with Crippen molar-refractivity contribution >= 4 is 34.2 Å². The Hall–Kier alpha value is -2.19. The molecule has 4 atom stereocenters. The minimum absolute atomic E-state index is 0.120. The summed E-state index contributed by atoms with van der Waals surface area (Å²) in [5, 5.41) is 14.9. The van der Waals surface area contributed by atoms with Gasteiger partial charge in [-0.15, -0.1) is 11.3 Å². The first-order valence-electron chi connectivity index (χ1n) is 9.87. The molecule has 0 spiro atoms. The van der Waals surface area contributed by atoms with Gasteiger partial charge in [-0.25, -0.2) is 4.79 Å². The van der Waals surface area contributed by atoms with Crippen molar-refractivity contribution in [3.8, 4) is 0 Å². The van der Waals surface area contributed by atoms with Gasteiger partial charge in [0.1, 0.15) is 5.00 Å². The van der Waals surface area contributed by atoms with E-state index in [0.717, 1.165) is 10.4 Å². The van der Waals surface area contributed by atoms with Crippen molar-refractivity contribution in [2.75, 3.05) is 11.9 Å². The fraction of sp³-hybridized carbons (Fsp3) is 0.571. The molecular weight excluding hydrogens is 394 g/mol. The fourth-order valence-corrected chi connectivity index (χ4v) is 5.88. The molecule has 1 N–H and O–H groups in total. The zero-order chi connectivity index (χ0) is 20.9. The van der Waals surface area contributed by atoms with Crippen molar-refractivity contribution in [3.63, 3.8) is 0 Å². The second kappa shape index (κ2) is 7.25. The number of aliphatic carboxylic acids is 1. The number of hydrogen-bond acceptors (Lipinski definition) is 7. The molecule has 0 saturated heterocycles. The third-order valence-electron chi connectivity index (χ3n) is 6.04. The topological polar surface area (TPSA) is 105 Å². The van der Waals surface area contributed by atoms with Crippen molar-refractivity contribution in [2.45, 2.75) is 45.8 Å². The van der Waals surface area contributed by atoms with E-state index in [2.05, 4.69) is 5.32 Å². The highest BCUT2D eigenvalue weighted by Gasteiger charge is 2.49. The first kappa shape index (κ1) is 20.1. The van der Waals surface area contributed by atoms with Crippen molar-refractivity contribution < 1.29 is 29.0 Å². The van der Waals surface area contributed by atoms with E-state index >= 15 is 0 Å². The zero-order valence-electron chi connectivity index (χ0n) is 16.7. The van der Waals surface area contributed by atoms with Gasteiger partial charge in [0.2, 0.25) is 5.91 Å². The van der Waals surface area contributed by atoms with Crippen LogP contribution in [0.1, 0.15) is 48.0 Å². The second-order valence-corrected chi connectivity index (χ2v) is 9.57. The first-order chi connectivity index (χ1) is 13.7. The van der Waals surface area contributed by atoms with Crippen LogP contribution < -0.4 is 10.4 Å². The molecule has 3 aliphatic rings. The van der Waals surface area contributed by atoms with Gasteiger partial charge in [0.25, 0.3) is 0 Å². The van der Waals surface area contributed by atoms with Crippen LogP contribution in [0.5, 0.6) is 0 Å². The van der Waals surface area contributed by atoms with Crippen molar-refractivity contribution in [3.05, 3.63) is 28.2 Å². The third-order valence-corrected chi connectivity index (χ3v) is 7.16. The molecule has 1 saturated carbocycles. The highest BCUT2D eigenvalue weighted by atomic mass is 32.1. The van der Waals surface area contributed by atoms with Crippen molar-refractivity contribution in [1.29, 1.82) is 0 Å². The number of anilines is 1. The van der Waals surface area contributed by atoms with Gasteiger partial charge in [-0.1, -0.05) is 12.2 Å². The average molecular weight is 418 g/mol. The standard InChI is InChI=1S/C21H25NO6S/c1-4-27-20(26)16-12-8-21(2,3)28-9-13(12)29-18(16)22-17(23)14-10-5-6-11(7-10)15(14)19(24)25/h5-6,10-11,14-15H,4,7-9H2,1-3H3,(H,22,23)(H,24,25)/p-1/t10-,11+,14+,15+/m1/s1. The van der Waals surface area contributed by atoms with E-state index in [0.29, 0.717) is 30.0 Å². The van der Waals surface area contributed by atoms with Crippen molar-refractivity contribution in [1.82, 2.24) is 0 Å². The SMILES string of the molecule is CCOC(=O)c1c(NC(=O)[C@@H]2[C@@H](C(=O)[O-])[C@H]3C=C[C@@H]2C3)sc2c1CC(C)(C)OC2. The lowest BCUT2D eigenvalue weighted by Crippen LogP contribution is -2.42. The lowest BCUT2D eigenvalue weighted by Gasteiger charge is -2.30. The van der Waals surface area contributed by atoms with Crippen molar-refractivity contribution in [2.24, 2.45) is 23.7 Å². The number of esters is 1. The molecule has 0 radical (unpaired) electrons. The Labute approximate surface area is 173 Å². The lowest BCUT2D eigenvalue weighted by molar-refractivity contribution is -0.313. The molecule has 156 valence electrons. The van der Waals surface area contributed by atoms with E-state index in [-0.39, 0.29) is 24.3 Å². The summed E-state index contributed by atoms with van der Waals surface area (Å²) in [5.41, 5.74) is 0.774. The minimum atomic E-state index is -1.20. The van der Waals surface area contributed by atoms with Crippen LogP contribution in [-0.4, -0.2) is 30.1 Å². The predicted molar refractivity (Wildman–Crippen MR) is 104 cm³/mol. The Morgan fingerprint density at radius 3 is 2.62 bits per heavy atom. The Balaban J connectivity index is 1.66. The number of amides is 1. The molecule has 2 aliphatic carbocycles. The maximum Gasteiger partial charge on any atom is 0.341 e. The predicted octanol–water partition coefficient (Wildman–Crippen LogP) is 1.90. The van der Waals surface area contributed by atoms with Gasteiger partial charge in [0, 0.05) is 23.2 Å². The van der Waals surface area contributed by atoms with Crippen LogP contribution in [-0.2, 0) is 32.1 Å². The summed E-state index contributed by atoms with van der Waals surface area (Å²) in [7, 11) is 0. The van der Waals surface area contributed by atoms with Gasteiger partial charge in [-0.2, -0.15) is 0 Å². The van der Waals surface area contributed by atoms with E-state index in [1.807, 2.05) is 26.0 Å². The van der Waals surface area contributed by atoms with Crippen LogP contribution in [0.4, 0.5) is 5.00 Å². The zero-order valence-corrected chi connectivity index (χ0v) is 17.5. The summed E-state index contributed by atoms with van der Waals surface area (Å²) >= 11 is 1.29. The molecule has 2 bridgehead atoms. The van der Waals surface area contributed by atoms with E-state index in [9.17, 15) is 19.5 Å². The summed E-state index contributed by atoms with van der Waals surface area (Å²) < 4.78 is 11.1. The molecule has 1 aromatic rings. The summed E-state index contributed by atoms with van der Waals surface area (Å²) in [6.45, 7) is 6.21. The molecule has 1 amide bonds. The van der Waals surface area contributed by atoms with Gasteiger partial charge in [0.05, 0.1) is 30.3 Å². The molecule has 0 unspecified atom stereocenters. The number of carbonyl (C=O) groups excluding carboxylic acids is 3. The monoisotopic (exact) mass is 418 g/mol. The van der Waals surface area contributed by atoms with Crippen LogP contribution >= 0.6 is 11.3 Å². The van der Waals surface area contributed by atoms with Gasteiger partial charge >= 0.3 is 5.97 Å². The van der Waals surface area contributed by atoms with Crippen LogP contribution in [0.15, 0.2) is 12.2 Å². The second-order valence-electron chi connectivity index (χ2n) is 8.46. The third kappa shape index (κ3) is 3.48. The number of allylic oxidation sites excluding steroid dienone is 2. The van der Waals surface area contributed by atoms with Gasteiger partial charge < -0.3 is 24.7 Å². The van der Waals surface area contributed by atoms with Crippen LogP contribution in [0, 0.1) is 23.7 Å². The Morgan fingerprint density at radius 2 is 1.97 bits per heavy atom. The van der Waals surface area contributed by atoms with Crippen LogP contribution in [0.25, 0.3) is 0 Å². The van der Waals surface area contributed by atoms with E-state index in [1.165, 1.54) is 11.3 Å². The fourth-order valence-electron chi connectivity index (χ4n) is 4.76. The maximum atomic E-state index is 13.1. The summed E-state index contributed by atoms with van der Waals surface area (Å²) in [5.74, 6) is -3.90. The molecular formula is C21H24NO6S-. The largest absolute Gasteiger partial charge is 0.550 e. The number of rotatable bonds is 5. The number of carboxylic acid groups (broad SMARTS) is 1. The smallest absolute Gasteiger partial charge is 0.341 e.